The first-order valence-corrected chi connectivity index (χ1v) is 16.9. The summed E-state index contributed by atoms with van der Waals surface area (Å²) in [6.07, 6.45) is -13.1. The first-order valence-electron chi connectivity index (χ1n) is 16.9. The van der Waals surface area contributed by atoms with Crippen LogP contribution in [0.3, 0.4) is 0 Å². The predicted octanol–water partition coefficient (Wildman–Crippen LogP) is 5.50. The van der Waals surface area contributed by atoms with Gasteiger partial charge in [-0.25, -0.2) is 22.5 Å². The molecular weight excluding hydrogens is 732 g/mol. The Morgan fingerprint density at radius 1 is 1.06 bits per heavy atom. The third-order valence-electron chi connectivity index (χ3n) is 11.0. The summed E-state index contributed by atoms with van der Waals surface area (Å²) in [4.78, 5) is 15.3. The predicted molar refractivity (Wildman–Crippen MR) is 168 cm³/mol. The van der Waals surface area contributed by atoms with E-state index in [1.165, 1.54) is 4.90 Å². The van der Waals surface area contributed by atoms with Crippen LogP contribution in [0.4, 0.5) is 55.4 Å². The smallest absolute Gasteiger partial charge is 0.427 e. The molecule has 20 heteroatoms. The van der Waals surface area contributed by atoms with Gasteiger partial charge in [-0.05, 0) is 25.0 Å². The topological polar surface area (TPSA) is 111 Å². The summed E-state index contributed by atoms with van der Waals surface area (Å²) in [6.45, 7) is 3.55. The highest BCUT2D eigenvalue weighted by Crippen LogP contribution is 2.62. The number of halogens is 10. The molecule has 288 valence electrons. The summed E-state index contributed by atoms with van der Waals surface area (Å²) in [5.74, 6) is -7.45. The monoisotopic (exact) mass is 765 g/mol. The standard InChI is InChI=1S/C33H33F10N7O3/c1-3-15-6-50-18(5-45-15)25(33(41,42)43)53-27-19-24(22(35)23(46-27)16-4-17(44)21(34)14(2)20(16)32(38,39)40)47-28(48-26(19)50)52-13-30(7-31(30,36)37)10-49-8-29(9-49)11-51-12-29/h4,15,18,25,45H,3,5-13,44H2,1-2H3/t15-,18+,25?,30+/m1/s1. The largest absolute Gasteiger partial charge is 0.463 e. The van der Waals surface area contributed by atoms with Crippen LogP contribution >= 0.6 is 0 Å². The van der Waals surface area contributed by atoms with Crippen LogP contribution in [0, 0.1) is 29.4 Å². The fraction of sp³-hybridized carbons (Fsp3) is 0.606. The molecule has 8 rings (SSSR count). The lowest BCUT2D eigenvalue weighted by atomic mass is 9.77. The average molecular weight is 766 g/mol. The number of nitrogens with two attached hydrogens (primary N) is 1. The summed E-state index contributed by atoms with van der Waals surface area (Å²) < 4.78 is 165. The number of pyridine rings is 1. The fourth-order valence-corrected chi connectivity index (χ4v) is 8.09. The highest BCUT2D eigenvalue weighted by atomic mass is 19.4. The number of hydrogen-bond donors (Lipinski definition) is 2. The van der Waals surface area contributed by atoms with E-state index in [2.05, 4.69) is 20.3 Å². The van der Waals surface area contributed by atoms with Gasteiger partial charge < -0.3 is 35.1 Å². The second kappa shape index (κ2) is 11.8. The average Bonchev–Trinajstić information content (AvgIpc) is 3.63. The maximum atomic E-state index is 16.8. The van der Waals surface area contributed by atoms with Gasteiger partial charge in [-0.1, -0.05) is 6.92 Å². The summed E-state index contributed by atoms with van der Waals surface area (Å²) >= 11 is 0. The van der Waals surface area contributed by atoms with Gasteiger partial charge in [0.1, 0.15) is 34.8 Å². The maximum absolute atomic E-state index is 16.8. The zero-order valence-corrected chi connectivity index (χ0v) is 28.2. The van der Waals surface area contributed by atoms with Crippen molar-refractivity contribution >= 4 is 22.4 Å². The van der Waals surface area contributed by atoms with Crippen molar-refractivity contribution < 1.29 is 58.1 Å². The highest BCUT2D eigenvalue weighted by molar-refractivity contribution is 5.97. The molecule has 4 fully saturated rings. The number of anilines is 2. The van der Waals surface area contributed by atoms with Crippen molar-refractivity contribution in [3.8, 4) is 23.1 Å². The van der Waals surface area contributed by atoms with Gasteiger partial charge in [-0.2, -0.15) is 36.3 Å². The molecule has 6 heterocycles. The zero-order valence-electron chi connectivity index (χ0n) is 28.2. The lowest BCUT2D eigenvalue weighted by molar-refractivity contribution is -0.201. The maximum Gasteiger partial charge on any atom is 0.427 e. The number of fused-ring (bicyclic) bond motifs is 2. The minimum atomic E-state index is -5.31. The summed E-state index contributed by atoms with van der Waals surface area (Å²) in [7, 11) is 0. The minimum absolute atomic E-state index is 0.0561. The zero-order chi connectivity index (χ0) is 38.0. The van der Waals surface area contributed by atoms with Crippen molar-refractivity contribution in [3.05, 3.63) is 28.8 Å². The molecule has 1 unspecified atom stereocenters. The Labute approximate surface area is 295 Å². The number of nitrogens with zero attached hydrogens (tertiary/aromatic N) is 5. The molecule has 3 saturated heterocycles. The molecule has 3 N–H and O–H groups in total. The van der Waals surface area contributed by atoms with Crippen molar-refractivity contribution in [2.45, 2.75) is 63.2 Å². The van der Waals surface area contributed by atoms with Crippen molar-refractivity contribution in [3.63, 3.8) is 0 Å². The molecule has 1 spiro atoms. The Kier molecular flexibility index (Phi) is 8.03. The van der Waals surface area contributed by atoms with Gasteiger partial charge in [0, 0.05) is 56.2 Å². The van der Waals surface area contributed by atoms with Gasteiger partial charge in [0.2, 0.25) is 12.0 Å². The van der Waals surface area contributed by atoms with Crippen LogP contribution in [0.1, 0.15) is 30.9 Å². The van der Waals surface area contributed by atoms with E-state index in [4.69, 9.17) is 19.9 Å². The van der Waals surface area contributed by atoms with E-state index in [0.717, 1.165) is 6.92 Å². The van der Waals surface area contributed by atoms with Crippen LogP contribution in [0.25, 0.3) is 22.2 Å². The van der Waals surface area contributed by atoms with Crippen LogP contribution in [0.15, 0.2) is 6.07 Å². The number of likely N-dealkylation sites (tertiary alicyclic amines) is 1. The van der Waals surface area contributed by atoms with Crippen LogP contribution in [-0.4, -0.2) is 103 Å². The van der Waals surface area contributed by atoms with Crippen molar-refractivity contribution in [1.82, 2.24) is 25.2 Å². The number of aromatic nitrogens is 3. The Balaban J connectivity index is 1.28. The SMILES string of the molecule is CC[C@@H]1CN2c3nc(OC[C@@]4(CN5CC6(COC6)C5)CC4(F)F)nc4c(F)c(-c5cc(N)c(F)c(C)c5C(F)(F)F)nc(c34)OC(C(F)(F)F)[C@@H]2CN1. The van der Waals surface area contributed by atoms with Gasteiger partial charge in [-0.3, -0.25) is 0 Å². The number of rotatable bonds is 7. The Morgan fingerprint density at radius 2 is 1.75 bits per heavy atom. The van der Waals surface area contributed by atoms with Crippen LogP contribution in [0.2, 0.25) is 0 Å². The van der Waals surface area contributed by atoms with E-state index in [1.54, 1.807) is 6.92 Å². The van der Waals surface area contributed by atoms with E-state index in [0.29, 0.717) is 38.8 Å². The summed E-state index contributed by atoms with van der Waals surface area (Å²) in [5, 5.41) is 2.50. The normalized spacial score (nSPS) is 27.5. The number of ether oxygens (including phenoxy) is 3. The molecule has 3 aromatic rings. The molecule has 4 aliphatic heterocycles. The van der Waals surface area contributed by atoms with E-state index < -0.39 is 111 Å². The molecule has 5 aliphatic rings. The molecule has 0 bridgehead atoms. The van der Waals surface area contributed by atoms with E-state index in [-0.39, 0.29) is 36.9 Å². The first-order chi connectivity index (χ1) is 24.8. The highest BCUT2D eigenvalue weighted by Gasteiger charge is 2.73. The molecule has 0 amide bonds. The molecule has 4 atom stereocenters. The van der Waals surface area contributed by atoms with Gasteiger partial charge in [0.05, 0.1) is 35.9 Å². The first kappa shape index (κ1) is 36.1. The third kappa shape index (κ3) is 5.77. The number of benzene rings is 1. The molecule has 0 radical (unpaired) electrons. The van der Waals surface area contributed by atoms with Gasteiger partial charge in [0.15, 0.2) is 5.82 Å². The number of hydrogen-bond acceptors (Lipinski definition) is 10. The molecule has 2 aromatic heterocycles. The molecule has 1 saturated carbocycles. The summed E-state index contributed by atoms with van der Waals surface area (Å²) in [5.41, 5.74) is -2.73. The van der Waals surface area contributed by atoms with Crippen molar-refractivity contribution in [2.75, 3.05) is 63.2 Å². The van der Waals surface area contributed by atoms with Crippen molar-refractivity contribution in [2.24, 2.45) is 10.8 Å². The second-order valence-corrected chi connectivity index (χ2v) is 14.9. The van der Waals surface area contributed by atoms with Crippen molar-refractivity contribution in [1.29, 1.82) is 0 Å². The van der Waals surface area contributed by atoms with Crippen LogP contribution < -0.4 is 25.4 Å². The van der Waals surface area contributed by atoms with E-state index in [9.17, 15) is 39.5 Å². The number of piperazine rings is 1. The minimum Gasteiger partial charge on any atom is -0.463 e. The Bertz CT molecular complexity index is 1980. The van der Waals surface area contributed by atoms with Gasteiger partial charge >= 0.3 is 18.4 Å². The number of nitrogens with one attached hydrogen (secondary N) is 1. The van der Waals surface area contributed by atoms with Crippen LogP contribution in [0.5, 0.6) is 11.9 Å². The van der Waals surface area contributed by atoms with E-state index >= 15 is 4.39 Å². The lowest BCUT2D eigenvalue weighted by Gasteiger charge is -2.55. The number of nitrogen functional groups attached to an aromatic ring is 1. The van der Waals surface area contributed by atoms with E-state index in [1.807, 2.05) is 4.90 Å². The lowest BCUT2D eigenvalue weighted by Crippen LogP contribution is -2.66. The van der Waals surface area contributed by atoms with Crippen LogP contribution in [-0.2, 0) is 10.9 Å². The van der Waals surface area contributed by atoms with Gasteiger partial charge in [0.25, 0.3) is 5.92 Å². The number of alkyl halides is 8. The molecule has 1 aliphatic carbocycles. The molecular formula is C33H33F10N7O3. The fourth-order valence-electron chi connectivity index (χ4n) is 8.09. The Hall–Kier alpha value is -3.91. The molecule has 53 heavy (non-hydrogen) atoms. The quantitative estimate of drug-likeness (QED) is 0.237. The second-order valence-electron chi connectivity index (χ2n) is 14.9. The molecule has 1 aromatic carbocycles. The summed E-state index contributed by atoms with van der Waals surface area (Å²) in [6, 6.07) is -2.17. The molecule has 10 nitrogen and oxygen atoms in total. The Morgan fingerprint density at radius 3 is 2.34 bits per heavy atom. The third-order valence-corrected chi connectivity index (χ3v) is 11.0. The van der Waals surface area contributed by atoms with Gasteiger partial charge in [-0.15, -0.1) is 0 Å².